The molecule has 16 heavy (non-hydrogen) atoms. The Labute approximate surface area is 93.3 Å². The van der Waals surface area contributed by atoms with Crippen molar-refractivity contribution >= 4 is 11.9 Å². The van der Waals surface area contributed by atoms with Crippen LogP contribution in [-0.2, 0) is 11.8 Å². The Morgan fingerprint density at radius 1 is 1.62 bits per heavy atom. The largest absolute Gasteiger partial charge is 0.481 e. The molecule has 0 radical (unpaired) electrons. The average Bonchev–Trinajstić information content (AvgIpc) is 2.60. The van der Waals surface area contributed by atoms with Crippen LogP contribution in [0.1, 0.15) is 23.8 Å². The minimum Gasteiger partial charge on any atom is -0.481 e. The van der Waals surface area contributed by atoms with Crippen LogP contribution in [0.15, 0.2) is 12.5 Å². The predicted molar refractivity (Wildman–Crippen MR) is 57.0 cm³/mol. The summed E-state index contributed by atoms with van der Waals surface area (Å²) >= 11 is 0. The van der Waals surface area contributed by atoms with Gasteiger partial charge in [0.05, 0.1) is 12.5 Å². The number of carboxylic acids is 1. The summed E-state index contributed by atoms with van der Waals surface area (Å²) in [7, 11) is 1.72. The number of nitrogens with zero attached hydrogens (tertiary/aromatic N) is 2. The molecule has 1 heterocycles. The zero-order chi connectivity index (χ0) is 12.1. The lowest BCUT2D eigenvalue weighted by Crippen LogP contribution is -2.30. The molecule has 0 aliphatic carbocycles. The van der Waals surface area contributed by atoms with E-state index in [0.29, 0.717) is 12.2 Å². The molecule has 1 unspecified atom stereocenters. The number of aliphatic carboxylic acids is 1. The van der Waals surface area contributed by atoms with Crippen LogP contribution >= 0.6 is 0 Å². The van der Waals surface area contributed by atoms with Crippen molar-refractivity contribution in [3.05, 3.63) is 18.2 Å². The first-order valence-corrected chi connectivity index (χ1v) is 4.97. The van der Waals surface area contributed by atoms with E-state index in [9.17, 15) is 9.59 Å². The molecule has 0 aliphatic rings. The molecule has 1 rings (SSSR count). The van der Waals surface area contributed by atoms with E-state index in [0.717, 1.165) is 0 Å². The lowest BCUT2D eigenvalue weighted by Gasteiger charge is -2.10. The molecule has 2 N–H and O–H groups in total. The van der Waals surface area contributed by atoms with Crippen molar-refractivity contribution in [1.82, 2.24) is 14.9 Å². The van der Waals surface area contributed by atoms with Crippen LogP contribution in [0.5, 0.6) is 0 Å². The molecule has 0 bridgehead atoms. The number of carbonyl (C=O) groups excluding carboxylic acids is 1. The summed E-state index contributed by atoms with van der Waals surface area (Å²) in [6, 6.07) is 0. The molecule has 6 nitrogen and oxygen atoms in total. The Morgan fingerprint density at radius 3 is 2.81 bits per heavy atom. The fraction of sp³-hybridized carbons (Fsp3) is 0.500. The summed E-state index contributed by atoms with van der Waals surface area (Å²) < 4.78 is 1.61. The van der Waals surface area contributed by atoms with Gasteiger partial charge >= 0.3 is 5.97 Å². The third-order valence-electron chi connectivity index (χ3n) is 2.18. The maximum absolute atomic E-state index is 11.6. The zero-order valence-electron chi connectivity index (χ0n) is 9.30. The van der Waals surface area contributed by atoms with Crippen LogP contribution in [0.4, 0.5) is 0 Å². The quantitative estimate of drug-likeness (QED) is 0.752. The highest BCUT2D eigenvalue weighted by molar-refractivity contribution is 5.92. The van der Waals surface area contributed by atoms with E-state index in [1.165, 1.54) is 12.5 Å². The number of amides is 1. The van der Waals surface area contributed by atoms with E-state index >= 15 is 0 Å². The van der Waals surface area contributed by atoms with E-state index in [2.05, 4.69) is 10.3 Å². The second-order valence-corrected chi connectivity index (χ2v) is 3.80. The maximum atomic E-state index is 11.6. The summed E-state index contributed by atoms with van der Waals surface area (Å²) in [5.74, 6) is -1.19. The van der Waals surface area contributed by atoms with Crippen molar-refractivity contribution in [3.63, 3.8) is 0 Å². The summed E-state index contributed by atoms with van der Waals surface area (Å²) in [6.45, 7) is 2.12. The SMILES string of the molecule is CC(CNC(=O)c1cncn1C)CC(=O)O. The van der Waals surface area contributed by atoms with E-state index in [1.54, 1.807) is 18.5 Å². The third-order valence-corrected chi connectivity index (χ3v) is 2.18. The topological polar surface area (TPSA) is 84.2 Å². The van der Waals surface area contributed by atoms with Gasteiger partial charge in [-0.1, -0.05) is 6.92 Å². The van der Waals surface area contributed by atoms with Crippen LogP contribution in [0.3, 0.4) is 0 Å². The van der Waals surface area contributed by atoms with Crippen LogP contribution in [0.25, 0.3) is 0 Å². The highest BCUT2D eigenvalue weighted by atomic mass is 16.4. The van der Waals surface area contributed by atoms with E-state index in [4.69, 9.17) is 5.11 Å². The third kappa shape index (κ3) is 3.38. The Morgan fingerprint density at radius 2 is 2.31 bits per heavy atom. The fourth-order valence-electron chi connectivity index (χ4n) is 1.30. The molecule has 0 fully saturated rings. The van der Waals surface area contributed by atoms with E-state index in [1.807, 2.05) is 0 Å². The second kappa shape index (κ2) is 5.29. The standard InChI is InChI=1S/C10H15N3O3/c1-7(3-9(14)15)4-12-10(16)8-5-11-6-13(8)2/h5-7H,3-4H2,1-2H3,(H,12,16)(H,14,15). The Balaban J connectivity index is 2.42. The molecule has 1 atom stereocenters. The van der Waals surface area contributed by atoms with Gasteiger partial charge in [0, 0.05) is 20.0 Å². The predicted octanol–water partition coefficient (Wildman–Crippen LogP) is 0.261. The van der Waals surface area contributed by atoms with Crippen molar-refractivity contribution in [2.24, 2.45) is 13.0 Å². The molecule has 1 aromatic rings. The summed E-state index contributed by atoms with van der Waals surface area (Å²) in [6.07, 6.45) is 3.05. The highest BCUT2D eigenvalue weighted by Gasteiger charge is 2.12. The molecule has 1 aromatic heterocycles. The zero-order valence-corrected chi connectivity index (χ0v) is 9.30. The summed E-state index contributed by atoms with van der Waals surface area (Å²) in [5.41, 5.74) is 0.461. The van der Waals surface area contributed by atoms with E-state index in [-0.39, 0.29) is 18.2 Å². The van der Waals surface area contributed by atoms with Gasteiger partial charge in [-0.2, -0.15) is 0 Å². The van der Waals surface area contributed by atoms with Crippen LogP contribution in [-0.4, -0.2) is 33.1 Å². The monoisotopic (exact) mass is 225 g/mol. The maximum Gasteiger partial charge on any atom is 0.303 e. The second-order valence-electron chi connectivity index (χ2n) is 3.80. The Hall–Kier alpha value is -1.85. The molecular weight excluding hydrogens is 210 g/mol. The van der Waals surface area contributed by atoms with Gasteiger partial charge in [-0.05, 0) is 5.92 Å². The van der Waals surface area contributed by atoms with Gasteiger partial charge in [-0.3, -0.25) is 9.59 Å². The summed E-state index contributed by atoms with van der Waals surface area (Å²) in [5, 5.41) is 11.2. The molecular formula is C10H15N3O3. The molecule has 6 heteroatoms. The molecule has 1 amide bonds. The van der Waals surface area contributed by atoms with Crippen LogP contribution < -0.4 is 5.32 Å². The summed E-state index contributed by atoms with van der Waals surface area (Å²) in [4.78, 5) is 25.8. The first-order valence-electron chi connectivity index (χ1n) is 4.97. The lowest BCUT2D eigenvalue weighted by molar-refractivity contribution is -0.137. The number of carboxylic acid groups (broad SMARTS) is 1. The van der Waals surface area contributed by atoms with Gasteiger partial charge in [-0.15, -0.1) is 0 Å². The first kappa shape index (κ1) is 12.2. The number of hydrogen-bond donors (Lipinski definition) is 2. The number of rotatable bonds is 5. The average molecular weight is 225 g/mol. The van der Waals surface area contributed by atoms with Crippen molar-refractivity contribution in [2.75, 3.05) is 6.54 Å². The van der Waals surface area contributed by atoms with Gasteiger partial charge in [0.15, 0.2) is 0 Å². The number of aromatic nitrogens is 2. The number of hydrogen-bond acceptors (Lipinski definition) is 3. The minimum atomic E-state index is -0.859. The van der Waals surface area contributed by atoms with Crippen molar-refractivity contribution in [3.8, 4) is 0 Å². The van der Waals surface area contributed by atoms with Gasteiger partial charge in [0.2, 0.25) is 0 Å². The fourth-order valence-corrected chi connectivity index (χ4v) is 1.30. The number of imidazole rings is 1. The van der Waals surface area contributed by atoms with Gasteiger partial charge < -0.3 is 15.0 Å². The molecule has 0 saturated carbocycles. The normalized spacial score (nSPS) is 12.1. The Bertz CT molecular complexity index is 386. The molecule has 0 saturated heterocycles. The van der Waals surface area contributed by atoms with Crippen molar-refractivity contribution in [1.29, 1.82) is 0 Å². The van der Waals surface area contributed by atoms with Crippen molar-refractivity contribution < 1.29 is 14.7 Å². The van der Waals surface area contributed by atoms with E-state index < -0.39 is 5.97 Å². The molecule has 0 spiro atoms. The smallest absolute Gasteiger partial charge is 0.303 e. The molecule has 0 aliphatic heterocycles. The van der Waals surface area contributed by atoms with Gasteiger partial charge in [0.1, 0.15) is 5.69 Å². The lowest BCUT2D eigenvalue weighted by atomic mass is 10.1. The molecule has 88 valence electrons. The molecule has 0 aromatic carbocycles. The number of nitrogens with one attached hydrogen (secondary N) is 1. The van der Waals surface area contributed by atoms with Crippen molar-refractivity contribution in [2.45, 2.75) is 13.3 Å². The highest BCUT2D eigenvalue weighted by Crippen LogP contribution is 2.01. The van der Waals surface area contributed by atoms with Crippen LogP contribution in [0, 0.1) is 5.92 Å². The minimum absolute atomic E-state index is 0.0473. The van der Waals surface area contributed by atoms with Gasteiger partial charge in [-0.25, -0.2) is 4.98 Å². The number of carbonyl (C=O) groups is 2. The first-order chi connectivity index (χ1) is 7.50. The number of aryl methyl sites for hydroxylation is 1. The Kier molecular flexibility index (Phi) is 4.04. The van der Waals surface area contributed by atoms with Crippen LogP contribution in [0.2, 0.25) is 0 Å². The van der Waals surface area contributed by atoms with Gasteiger partial charge in [0.25, 0.3) is 5.91 Å².